The van der Waals surface area contributed by atoms with Crippen LogP contribution in [0.3, 0.4) is 0 Å². The molecule has 4 atom stereocenters. The third-order valence-corrected chi connectivity index (χ3v) is 16.2. The third kappa shape index (κ3) is 5.78. The van der Waals surface area contributed by atoms with Gasteiger partial charge in [0.1, 0.15) is 12.1 Å². The van der Waals surface area contributed by atoms with E-state index in [4.69, 9.17) is 13.9 Å². The van der Waals surface area contributed by atoms with E-state index < -0.39 is 28.7 Å². The lowest BCUT2D eigenvalue weighted by atomic mass is 9.95. The first-order chi connectivity index (χ1) is 17.2. The van der Waals surface area contributed by atoms with E-state index in [0.29, 0.717) is 6.61 Å². The molecule has 0 aliphatic carbocycles. The Balaban J connectivity index is 1.72. The number of rotatable bonds is 7. The Hall–Kier alpha value is -1.47. The van der Waals surface area contributed by atoms with Crippen LogP contribution >= 0.6 is 22.6 Å². The molecule has 2 aromatic rings. The van der Waals surface area contributed by atoms with Crippen LogP contribution in [0.25, 0.3) is 0 Å². The summed E-state index contributed by atoms with van der Waals surface area (Å²) in [6, 6.07) is 19.9. The summed E-state index contributed by atoms with van der Waals surface area (Å²) >= 11 is 2.42. The monoisotopic (exact) mass is 649 g/mol. The zero-order valence-corrected chi connectivity index (χ0v) is 27.4. The lowest BCUT2D eigenvalue weighted by molar-refractivity contribution is -0.0451. The number of halogens is 1. The van der Waals surface area contributed by atoms with Gasteiger partial charge in [-0.3, -0.25) is 4.90 Å². The molecule has 2 aliphatic heterocycles. The van der Waals surface area contributed by atoms with E-state index in [9.17, 15) is 4.79 Å². The standard InChI is InChI=1S/C29H40INO4Si2/c1-29(2,3)37(7,8)33-19-22-26(36(4,5)6)23(30)27(34-22)31-24(20-15-11-9-12-16-20)25(35-28(31)32)21-17-13-10-14-18-21/h9-18,22,24-25,27H,19H2,1-8H3/t22-,24-,25+,27-/m0/s1. The second kappa shape index (κ2) is 10.6. The Labute approximate surface area is 237 Å². The van der Waals surface area contributed by atoms with Crippen LogP contribution < -0.4 is 0 Å². The van der Waals surface area contributed by atoms with E-state index in [-0.39, 0.29) is 23.3 Å². The summed E-state index contributed by atoms with van der Waals surface area (Å²) in [6.45, 7) is 18.9. The highest BCUT2D eigenvalue weighted by Crippen LogP contribution is 2.49. The maximum absolute atomic E-state index is 13.6. The van der Waals surface area contributed by atoms with Crippen LogP contribution in [0.2, 0.25) is 37.8 Å². The molecule has 1 fully saturated rings. The van der Waals surface area contributed by atoms with Gasteiger partial charge in [-0.15, -0.1) is 0 Å². The van der Waals surface area contributed by atoms with E-state index in [1.807, 2.05) is 53.4 Å². The molecule has 2 heterocycles. The minimum absolute atomic E-state index is 0.112. The van der Waals surface area contributed by atoms with Crippen molar-refractivity contribution in [2.45, 2.75) is 83.0 Å². The number of hydrogen-bond acceptors (Lipinski definition) is 4. The average molecular weight is 650 g/mol. The van der Waals surface area contributed by atoms with Crippen molar-refractivity contribution in [3.8, 4) is 0 Å². The molecular weight excluding hydrogens is 609 g/mol. The molecule has 0 radical (unpaired) electrons. The Morgan fingerprint density at radius 2 is 1.46 bits per heavy atom. The van der Waals surface area contributed by atoms with Gasteiger partial charge in [-0.25, -0.2) is 4.79 Å². The van der Waals surface area contributed by atoms with Gasteiger partial charge >= 0.3 is 6.09 Å². The minimum Gasteiger partial charge on any atom is -0.439 e. The molecule has 200 valence electrons. The first-order valence-corrected chi connectivity index (χ1v) is 20.5. The van der Waals surface area contributed by atoms with Gasteiger partial charge in [0.2, 0.25) is 0 Å². The number of carbonyl (C=O) groups is 1. The molecule has 0 N–H and O–H groups in total. The zero-order valence-electron chi connectivity index (χ0n) is 23.2. The van der Waals surface area contributed by atoms with Gasteiger partial charge in [0.25, 0.3) is 0 Å². The van der Waals surface area contributed by atoms with Crippen LogP contribution in [0.15, 0.2) is 69.4 Å². The normalized spacial score (nSPS) is 25.1. The number of cyclic esters (lactones) is 1. The third-order valence-electron chi connectivity index (χ3n) is 7.85. The van der Waals surface area contributed by atoms with E-state index in [1.165, 1.54) is 5.20 Å². The maximum atomic E-state index is 13.6. The highest BCUT2D eigenvalue weighted by Gasteiger charge is 2.52. The molecule has 1 amide bonds. The number of benzene rings is 2. The number of hydrogen-bond donors (Lipinski definition) is 0. The predicted molar refractivity (Wildman–Crippen MR) is 163 cm³/mol. The van der Waals surface area contributed by atoms with Crippen LogP contribution in [-0.2, 0) is 13.9 Å². The molecule has 0 aromatic heterocycles. The highest BCUT2D eigenvalue weighted by atomic mass is 127. The van der Waals surface area contributed by atoms with E-state index in [1.54, 1.807) is 0 Å². The first-order valence-electron chi connectivity index (χ1n) is 13.0. The molecule has 0 bridgehead atoms. The van der Waals surface area contributed by atoms with Gasteiger partial charge in [-0.1, -0.05) is 101 Å². The molecule has 37 heavy (non-hydrogen) atoms. The molecule has 5 nitrogen and oxygen atoms in total. The summed E-state index contributed by atoms with van der Waals surface area (Å²) in [4.78, 5) is 15.4. The first kappa shape index (κ1) is 28.5. The molecule has 0 spiro atoms. The summed E-state index contributed by atoms with van der Waals surface area (Å²) < 4.78 is 20.6. The van der Waals surface area contributed by atoms with Crippen molar-refractivity contribution in [2.75, 3.05) is 6.61 Å². The number of amides is 1. The van der Waals surface area contributed by atoms with Gasteiger partial charge in [-0.05, 0) is 57.0 Å². The van der Waals surface area contributed by atoms with Crippen molar-refractivity contribution in [1.29, 1.82) is 0 Å². The fourth-order valence-corrected chi connectivity index (χ4v) is 11.0. The minimum atomic E-state index is -1.97. The van der Waals surface area contributed by atoms with Crippen molar-refractivity contribution in [3.63, 3.8) is 0 Å². The highest BCUT2D eigenvalue weighted by molar-refractivity contribution is 14.1. The predicted octanol–water partition coefficient (Wildman–Crippen LogP) is 8.23. The number of nitrogens with zero attached hydrogens (tertiary/aromatic N) is 1. The Bertz CT molecular complexity index is 1140. The molecule has 2 aliphatic rings. The van der Waals surface area contributed by atoms with Crippen LogP contribution in [0.4, 0.5) is 4.79 Å². The van der Waals surface area contributed by atoms with Gasteiger partial charge in [-0.2, -0.15) is 0 Å². The second-order valence-corrected chi connectivity index (χ2v) is 23.5. The molecule has 0 unspecified atom stereocenters. The maximum Gasteiger partial charge on any atom is 0.413 e. The molecule has 4 rings (SSSR count). The fourth-order valence-electron chi connectivity index (χ4n) is 4.84. The van der Waals surface area contributed by atoms with Gasteiger partial charge in [0.05, 0.1) is 14.7 Å². The lowest BCUT2D eigenvalue weighted by Gasteiger charge is -2.38. The van der Waals surface area contributed by atoms with Crippen molar-refractivity contribution in [2.24, 2.45) is 0 Å². The van der Waals surface area contributed by atoms with Crippen molar-refractivity contribution >= 4 is 45.1 Å². The smallest absolute Gasteiger partial charge is 0.413 e. The van der Waals surface area contributed by atoms with E-state index in [2.05, 4.69) is 88.2 Å². The summed E-state index contributed by atoms with van der Waals surface area (Å²) in [5, 5.41) is 1.45. The van der Waals surface area contributed by atoms with Crippen molar-refractivity contribution in [1.82, 2.24) is 4.90 Å². The fraction of sp³-hybridized carbons (Fsp3) is 0.483. The molecule has 2 aromatic carbocycles. The molecule has 0 saturated carbocycles. The molecular formula is C29H40INO4Si2. The number of ether oxygens (including phenoxy) is 2. The summed E-state index contributed by atoms with van der Waals surface area (Å²) in [6.07, 6.45) is -1.43. The molecule has 1 saturated heterocycles. The van der Waals surface area contributed by atoms with Crippen LogP contribution in [0.5, 0.6) is 0 Å². The largest absolute Gasteiger partial charge is 0.439 e. The summed E-state index contributed by atoms with van der Waals surface area (Å²) in [7, 11) is -3.75. The Morgan fingerprint density at radius 1 is 0.919 bits per heavy atom. The van der Waals surface area contributed by atoms with Crippen LogP contribution in [0, 0.1) is 0 Å². The van der Waals surface area contributed by atoms with Crippen LogP contribution in [-0.4, -0.2) is 46.3 Å². The Morgan fingerprint density at radius 3 is 1.97 bits per heavy atom. The van der Waals surface area contributed by atoms with Gasteiger partial charge in [0, 0.05) is 3.58 Å². The number of carbonyl (C=O) groups excluding carboxylic acids is 1. The van der Waals surface area contributed by atoms with Crippen molar-refractivity contribution < 1.29 is 18.7 Å². The summed E-state index contributed by atoms with van der Waals surface area (Å²) in [5.74, 6) is 0. The van der Waals surface area contributed by atoms with Gasteiger partial charge in [0.15, 0.2) is 20.6 Å². The SMILES string of the molecule is CC(C)(C)[Si](C)(C)OC[C@@H]1O[C@H](N2C(=O)O[C@H](c3ccccc3)[C@@H]2c2ccccc2)C(I)=C1[Si](C)(C)C. The van der Waals surface area contributed by atoms with E-state index in [0.717, 1.165) is 14.7 Å². The van der Waals surface area contributed by atoms with Crippen molar-refractivity contribution in [3.05, 3.63) is 80.6 Å². The Kier molecular flexibility index (Phi) is 8.17. The average Bonchev–Trinajstić information content (AvgIpc) is 3.34. The van der Waals surface area contributed by atoms with Gasteiger partial charge < -0.3 is 13.9 Å². The van der Waals surface area contributed by atoms with Crippen LogP contribution in [0.1, 0.15) is 44.0 Å². The lowest BCUT2D eigenvalue weighted by Crippen LogP contribution is -2.45. The topological polar surface area (TPSA) is 48.0 Å². The van der Waals surface area contributed by atoms with E-state index >= 15 is 0 Å². The summed E-state index contributed by atoms with van der Waals surface area (Å²) in [5.41, 5.74) is 2.01. The molecule has 8 heteroatoms. The quantitative estimate of drug-likeness (QED) is 0.224. The zero-order chi connectivity index (χ0) is 27.2. The second-order valence-electron chi connectivity index (χ2n) is 12.5.